The fraction of sp³-hybridized carbons (Fsp3) is 0.550. The number of hydrogen-bond donors (Lipinski definition) is 3. The minimum atomic E-state index is -5.19. The predicted octanol–water partition coefficient (Wildman–Crippen LogP) is 0.750. The number of H-pyrrole nitrogens is 1. The monoisotopic (exact) mass is 685 g/mol. The molecule has 0 aromatic carbocycles. The Morgan fingerprint density at radius 3 is 2.39 bits per heavy atom. The average Bonchev–Trinajstić information content (AvgIpc) is 3.61. The Labute approximate surface area is 248 Å². The Balaban J connectivity index is 1.36. The Morgan fingerprint density at radius 2 is 1.70 bits per heavy atom. The third kappa shape index (κ3) is 5.87. The minimum absolute atomic E-state index is 0.0108. The molecule has 4 bridgehead atoms. The number of hydrogen-bond acceptors (Lipinski definition) is 16. The van der Waals surface area contributed by atoms with E-state index in [4.69, 9.17) is 37.5 Å². The van der Waals surface area contributed by atoms with E-state index in [1.54, 1.807) is 0 Å². The number of imidazole rings is 1. The van der Waals surface area contributed by atoms with E-state index in [9.17, 15) is 23.6 Å². The van der Waals surface area contributed by atoms with Gasteiger partial charge in [-0.25, -0.2) is 37.7 Å². The van der Waals surface area contributed by atoms with Crippen molar-refractivity contribution in [1.82, 2.24) is 29.1 Å². The molecule has 3 fully saturated rings. The summed E-state index contributed by atoms with van der Waals surface area (Å²) in [7, 11) is -4.08. The lowest BCUT2D eigenvalue weighted by atomic mass is 10.1. The number of halogens is 2. The molecule has 3 aliphatic heterocycles. The van der Waals surface area contributed by atoms with Crippen LogP contribution < -0.4 is 17.0 Å². The van der Waals surface area contributed by atoms with Crippen LogP contribution in [-0.4, -0.2) is 91.0 Å². The molecule has 3 aromatic rings. The maximum atomic E-state index is 15.9. The SMILES string of the molecule is COSP1(=O)OC[C@H]2O[C@@H](n3cnc4c(N)ncnc43)[C@H](OP(=O)(O)OC[C@H]3O[C@@H](n4ccc(=O)[nH]c4=O)[C@H](O1)[C@@H]3F)[C@@H]2F. The first-order chi connectivity index (χ1) is 20.9. The minimum Gasteiger partial charge on any atom is -0.382 e. The van der Waals surface area contributed by atoms with E-state index in [2.05, 4.69) is 15.0 Å². The molecule has 0 saturated carbocycles. The van der Waals surface area contributed by atoms with Gasteiger partial charge in [0.1, 0.15) is 47.9 Å². The lowest BCUT2D eigenvalue weighted by Gasteiger charge is -2.26. The first kappa shape index (κ1) is 31.4. The van der Waals surface area contributed by atoms with Crippen LogP contribution >= 0.6 is 26.3 Å². The van der Waals surface area contributed by atoms with Crippen LogP contribution in [0.25, 0.3) is 11.2 Å². The van der Waals surface area contributed by atoms with Gasteiger partial charge in [0.05, 0.1) is 26.7 Å². The van der Waals surface area contributed by atoms with E-state index in [0.717, 1.165) is 36.6 Å². The Morgan fingerprint density at radius 1 is 1.05 bits per heavy atom. The highest BCUT2D eigenvalue weighted by Crippen LogP contribution is 2.64. The zero-order chi connectivity index (χ0) is 31.4. The van der Waals surface area contributed by atoms with Crippen molar-refractivity contribution in [3.8, 4) is 0 Å². The molecule has 19 nitrogen and oxygen atoms in total. The molecule has 3 saturated heterocycles. The first-order valence-electron chi connectivity index (χ1n) is 12.5. The third-order valence-electron chi connectivity index (χ3n) is 6.79. The predicted molar refractivity (Wildman–Crippen MR) is 142 cm³/mol. The van der Waals surface area contributed by atoms with E-state index < -0.39 is 88.3 Å². The van der Waals surface area contributed by atoms with Gasteiger partial charge in [-0.05, 0) is 0 Å². The number of aromatic amines is 1. The number of nitrogen functional groups attached to an aromatic ring is 1. The van der Waals surface area contributed by atoms with Crippen LogP contribution in [-0.2, 0) is 40.9 Å². The fourth-order valence-electron chi connectivity index (χ4n) is 4.84. The summed E-state index contributed by atoms with van der Waals surface area (Å²) in [6.07, 6.45) is -11.5. The average molecular weight is 685 g/mol. The van der Waals surface area contributed by atoms with E-state index >= 15 is 8.78 Å². The number of nitrogens with two attached hydrogens (primary N) is 1. The van der Waals surface area contributed by atoms with Crippen LogP contribution in [0.15, 0.2) is 34.5 Å². The largest absolute Gasteiger partial charge is 0.472 e. The van der Waals surface area contributed by atoms with E-state index in [1.807, 2.05) is 4.98 Å². The third-order valence-corrected chi connectivity index (χ3v) is 10.6. The smallest absolute Gasteiger partial charge is 0.382 e. The number of rotatable bonds is 4. The molecule has 24 heteroatoms. The van der Waals surface area contributed by atoms with Crippen molar-refractivity contribution in [2.75, 3.05) is 26.1 Å². The van der Waals surface area contributed by atoms with Crippen LogP contribution in [0.1, 0.15) is 12.5 Å². The number of phosphoric acid groups is 1. The molecule has 3 aromatic heterocycles. The van der Waals surface area contributed by atoms with E-state index in [1.165, 1.54) is 4.57 Å². The van der Waals surface area contributed by atoms with Crippen molar-refractivity contribution < 1.29 is 54.6 Å². The molecule has 6 heterocycles. The van der Waals surface area contributed by atoms with Crippen LogP contribution in [0, 0.1) is 0 Å². The molecule has 6 rings (SSSR count). The molecule has 2 unspecified atom stereocenters. The highest BCUT2D eigenvalue weighted by molar-refractivity contribution is 8.52. The van der Waals surface area contributed by atoms with Crippen molar-refractivity contribution in [1.29, 1.82) is 0 Å². The first-order valence-corrected chi connectivity index (χ1v) is 16.9. The van der Waals surface area contributed by atoms with Gasteiger partial charge >= 0.3 is 20.3 Å². The number of ether oxygens (including phenoxy) is 2. The van der Waals surface area contributed by atoms with Crippen molar-refractivity contribution in [3.63, 3.8) is 0 Å². The van der Waals surface area contributed by atoms with Crippen molar-refractivity contribution >= 4 is 43.3 Å². The van der Waals surface area contributed by atoms with Gasteiger partial charge in [-0.3, -0.25) is 37.0 Å². The summed E-state index contributed by atoms with van der Waals surface area (Å²) in [4.78, 5) is 48.5. The standard InChI is InChI=1S/C20H23F2N7O12P2S/c1-35-44-43(34)37-5-9-11(21)14(19(39-9)29-7-26-13-16(23)24-6-25-17(13)29)40-42(32,33)36-4-8-12(22)15(41-43)18(38-8)28-3-2-10(30)27-20(28)31/h2-3,6-9,11-12,14-15,18-19H,4-5H2,1H3,(H,32,33)(H2,23,24,25)(H,27,30,31)/t8-,9-,11-,12-,14-,15-,18-,19-,43?/m1/s1. The normalized spacial score (nSPS) is 38.1. The number of aromatic nitrogens is 6. The summed E-state index contributed by atoms with van der Waals surface area (Å²) < 4.78 is 97.7. The fourth-order valence-corrected chi connectivity index (χ4v) is 8.20. The van der Waals surface area contributed by atoms with Gasteiger partial charge in [-0.15, -0.1) is 0 Å². The Kier molecular flexibility index (Phi) is 8.52. The van der Waals surface area contributed by atoms with Gasteiger partial charge in [0.15, 0.2) is 36.3 Å². The van der Waals surface area contributed by atoms with Gasteiger partial charge in [0.2, 0.25) is 0 Å². The van der Waals surface area contributed by atoms with Gasteiger partial charge in [-0.1, -0.05) is 0 Å². The van der Waals surface area contributed by atoms with Gasteiger partial charge < -0.3 is 24.3 Å². The maximum absolute atomic E-state index is 15.9. The number of nitrogens with zero attached hydrogens (tertiary/aromatic N) is 5. The van der Waals surface area contributed by atoms with Crippen molar-refractivity contribution in [3.05, 3.63) is 45.8 Å². The summed E-state index contributed by atoms with van der Waals surface area (Å²) >= 11 is 0.160. The number of phosphoric ester groups is 1. The van der Waals surface area contributed by atoms with Crippen molar-refractivity contribution in [2.24, 2.45) is 0 Å². The highest BCUT2D eigenvalue weighted by Gasteiger charge is 2.55. The van der Waals surface area contributed by atoms with Crippen LogP contribution in [0.3, 0.4) is 0 Å². The zero-order valence-electron chi connectivity index (χ0n) is 22.2. The Hall–Kier alpha value is -2.62. The molecule has 44 heavy (non-hydrogen) atoms. The summed E-state index contributed by atoms with van der Waals surface area (Å²) in [5, 5.41) is 0. The Bertz CT molecular complexity index is 1760. The molecule has 3 aliphatic rings. The summed E-state index contributed by atoms with van der Waals surface area (Å²) in [5.74, 6) is -0.0108. The lowest BCUT2D eigenvalue weighted by Crippen LogP contribution is -2.38. The number of anilines is 1. The highest BCUT2D eigenvalue weighted by atomic mass is 32.7. The molecule has 0 amide bonds. The van der Waals surface area contributed by atoms with Gasteiger partial charge in [-0.2, -0.15) is 0 Å². The topological polar surface area (TPSA) is 243 Å². The molecule has 0 aliphatic carbocycles. The number of alkyl halides is 2. The summed E-state index contributed by atoms with van der Waals surface area (Å²) in [6.45, 7) is -6.38. The maximum Gasteiger partial charge on any atom is 0.472 e. The second-order valence-electron chi connectivity index (χ2n) is 9.51. The van der Waals surface area contributed by atoms with Crippen molar-refractivity contribution in [2.45, 2.75) is 49.2 Å². The second-order valence-corrected chi connectivity index (χ2v) is 14.5. The molecule has 240 valence electrons. The van der Waals surface area contributed by atoms with E-state index in [0.29, 0.717) is 0 Å². The second kappa shape index (κ2) is 12.0. The van der Waals surface area contributed by atoms with Gasteiger partial charge in [0, 0.05) is 12.3 Å². The summed E-state index contributed by atoms with van der Waals surface area (Å²) in [6, 6.07) is 0.937. The molecule has 4 N–H and O–H groups in total. The van der Waals surface area contributed by atoms with Crippen LogP contribution in [0.5, 0.6) is 0 Å². The lowest BCUT2D eigenvalue weighted by molar-refractivity contribution is -0.0649. The van der Waals surface area contributed by atoms with Crippen LogP contribution in [0.4, 0.5) is 14.6 Å². The van der Waals surface area contributed by atoms with Gasteiger partial charge in [0.25, 0.3) is 5.56 Å². The molecular weight excluding hydrogens is 662 g/mol. The molecule has 10 atom stereocenters. The zero-order valence-corrected chi connectivity index (χ0v) is 24.8. The molecular formula is C20H23F2N7O12P2S. The summed E-state index contributed by atoms with van der Waals surface area (Å²) in [5.41, 5.74) is 4.20. The molecule has 0 spiro atoms. The molecule has 0 radical (unpaired) electrons. The van der Waals surface area contributed by atoms with E-state index in [-0.39, 0.29) is 28.6 Å². The number of fused-ring (bicyclic) bond motifs is 5. The number of nitrogens with one attached hydrogen (secondary N) is 1. The van der Waals surface area contributed by atoms with Crippen LogP contribution in [0.2, 0.25) is 0 Å². The quantitative estimate of drug-likeness (QED) is 0.253.